The van der Waals surface area contributed by atoms with Gasteiger partial charge in [-0.2, -0.15) is 5.26 Å². The summed E-state index contributed by atoms with van der Waals surface area (Å²) >= 11 is 0. The smallest absolute Gasteiger partial charge is 0.293 e. The summed E-state index contributed by atoms with van der Waals surface area (Å²) in [6, 6.07) is 24.3. The number of amides is 1. The first kappa shape index (κ1) is 16.4. The number of hydrogen-bond donors (Lipinski definition) is 1. The molecule has 0 aliphatic rings. The summed E-state index contributed by atoms with van der Waals surface area (Å²) < 4.78 is 11.1. The molecule has 0 bridgehead atoms. The Bertz CT molecular complexity index is 1110. The fourth-order valence-corrected chi connectivity index (χ4v) is 2.87. The first-order valence-electron chi connectivity index (χ1n) is 8.30. The molecule has 130 valence electrons. The fourth-order valence-electron chi connectivity index (χ4n) is 2.87. The maximum atomic E-state index is 12.4. The maximum absolute atomic E-state index is 12.4. The lowest BCUT2D eigenvalue weighted by molar-refractivity contribution is 0.0994. The molecule has 0 atom stereocenters. The maximum Gasteiger partial charge on any atom is 0.293 e. The number of anilines is 1. The molecule has 4 aromatic rings. The predicted molar refractivity (Wildman–Crippen MR) is 101 cm³/mol. The predicted octanol–water partition coefficient (Wildman–Crippen LogP) is 5.33. The SMILES string of the molecule is N#Cc1c(NC(=O)c2ccco2)oc(-c2ccccc2)c1-c1ccccc1. The summed E-state index contributed by atoms with van der Waals surface area (Å²) in [5, 5.41) is 12.4. The minimum atomic E-state index is -0.482. The molecule has 0 aliphatic carbocycles. The van der Waals surface area contributed by atoms with Crippen LogP contribution in [0.25, 0.3) is 22.5 Å². The van der Waals surface area contributed by atoms with Gasteiger partial charge in [-0.25, -0.2) is 0 Å². The van der Waals surface area contributed by atoms with Crippen molar-refractivity contribution in [1.29, 1.82) is 5.26 Å². The molecule has 2 heterocycles. The molecule has 0 saturated carbocycles. The van der Waals surface area contributed by atoms with Gasteiger partial charge in [0.25, 0.3) is 5.91 Å². The Morgan fingerprint density at radius 1 is 0.889 bits per heavy atom. The standard InChI is InChI=1S/C22H14N2O3/c23-14-17-19(15-8-3-1-4-9-15)20(16-10-5-2-6-11-16)27-22(17)24-21(25)18-12-7-13-26-18/h1-13H,(H,24,25). The first-order valence-corrected chi connectivity index (χ1v) is 8.30. The average Bonchev–Trinajstić information content (AvgIpc) is 3.37. The van der Waals surface area contributed by atoms with Gasteiger partial charge in [0.05, 0.1) is 6.26 Å². The van der Waals surface area contributed by atoms with Gasteiger partial charge in [-0.3, -0.25) is 10.1 Å². The van der Waals surface area contributed by atoms with Crippen molar-refractivity contribution in [3.8, 4) is 28.5 Å². The zero-order valence-electron chi connectivity index (χ0n) is 14.2. The molecule has 0 fully saturated rings. The van der Waals surface area contributed by atoms with Gasteiger partial charge in [-0.05, 0) is 17.7 Å². The van der Waals surface area contributed by atoms with Crippen LogP contribution in [0.15, 0.2) is 87.9 Å². The second-order valence-electron chi connectivity index (χ2n) is 5.79. The zero-order chi connectivity index (χ0) is 18.6. The summed E-state index contributed by atoms with van der Waals surface area (Å²) in [5.41, 5.74) is 2.54. The van der Waals surface area contributed by atoms with Crippen LogP contribution in [0.4, 0.5) is 5.88 Å². The third-order valence-electron chi connectivity index (χ3n) is 4.09. The second-order valence-corrected chi connectivity index (χ2v) is 5.79. The van der Waals surface area contributed by atoms with Crippen LogP contribution in [-0.2, 0) is 0 Å². The van der Waals surface area contributed by atoms with Crippen LogP contribution >= 0.6 is 0 Å². The molecular weight excluding hydrogens is 340 g/mol. The molecule has 4 rings (SSSR count). The normalized spacial score (nSPS) is 10.3. The van der Waals surface area contributed by atoms with Crippen molar-refractivity contribution in [3.05, 3.63) is 90.4 Å². The number of nitrogens with zero attached hydrogens (tertiary/aromatic N) is 1. The van der Waals surface area contributed by atoms with Gasteiger partial charge in [0, 0.05) is 11.1 Å². The van der Waals surface area contributed by atoms with Crippen molar-refractivity contribution in [3.63, 3.8) is 0 Å². The Hall–Kier alpha value is -4.04. The summed E-state index contributed by atoms with van der Waals surface area (Å²) in [5.74, 6) is 0.270. The largest absolute Gasteiger partial charge is 0.459 e. The van der Waals surface area contributed by atoms with Crippen molar-refractivity contribution in [2.45, 2.75) is 0 Å². The monoisotopic (exact) mass is 354 g/mol. The molecule has 0 radical (unpaired) electrons. The minimum Gasteiger partial charge on any atom is -0.459 e. The molecule has 2 aromatic heterocycles. The lowest BCUT2D eigenvalue weighted by atomic mass is 9.98. The Morgan fingerprint density at radius 3 is 2.15 bits per heavy atom. The van der Waals surface area contributed by atoms with E-state index in [1.807, 2.05) is 60.7 Å². The van der Waals surface area contributed by atoms with Gasteiger partial charge in [0.15, 0.2) is 5.76 Å². The fraction of sp³-hybridized carbons (Fsp3) is 0. The number of carbonyl (C=O) groups is 1. The Morgan fingerprint density at radius 2 is 1.56 bits per heavy atom. The molecule has 5 nitrogen and oxygen atoms in total. The van der Waals surface area contributed by atoms with Crippen molar-refractivity contribution in [2.24, 2.45) is 0 Å². The van der Waals surface area contributed by atoms with Gasteiger partial charge in [-0.15, -0.1) is 0 Å². The van der Waals surface area contributed by atoms with E-state index in [-0.39, 0.29) is 17.2 Å². The van der Waals surface area contributed by atoms with E-state index in [0.29, 0.717) is 11.3 Å². The highest BCUT2D eigenvalue weighted by molar-refractivity contribution is 6.03. The van der Waals surface area contributed by atoms with Gasteiger partial charge in [0.1, 0.15) is 17.4 Å². The van der Waals surface area contributed by atoms with E-state index in [9.17, 15) is 10.1 Å². The van der Waals surface area contributed by atoms with Crippen LogP contribution in [0.3, 0.4) is 0 Å². The Labute approximate surface area is 155 Å². The number of carbonyl (C=O) groups excluding carboxylic acids is 1. The number of nitriles is 1. The average molecular weight is 354 g/mol. The highest BCUT2D eigenvalue weighted by Crippen LogP contribution is 2.41. The van der Waals surface area contributed by atoms with E-state index < -0.39 is 5.91 Å². The Kier molecular flexibility index (Phi) is 4.30. The molecule has 1 amide bonds. The number of nitrogens with one attached hydrogen (secondary N) is 1. The first-order chi connectivity index (χ1) is 13.3. The summed E-state index contributed by atoms with van der Waals surface area (Å²) in [6.45, 7) is 0. The van der Waals surface area contributed by atoms with Gasteiger partial charge >= 0.3 is 0 Å². The van der Waals surface area contributed by atoms with Crippen LogP contribution in [-0.4, -0.2) is 5.91 Å². The summed E-state index contributed by atoms with van der Waals surface area (Å²) in [7, 11) is 0. The van der Waals surface area contributed by atoms with Crippen molar-refractivity contribution in [2.75, 3.05) is 5.32 Å². The second kappa shape index (κ2) is 7.06. The lowest BCUT2D eigenvalue weighted by Gasteiger charge is -2.03. The zero-order valence-corrected chi connectivity index (χ0v) is 14.2. The van der Waals surface area contributed by atoms with Crippen molar-refractivity contribution in [1.82, 2.24) is 0 Å². The lowest BCUT2D eigenvalue weighted by Crippen LogP contribution is -2.11. The number of furan rings is 2. The molecule has 5 heteroatoms. The van der Waals surface area contributed by atoms with Crippen molar-refractivity contribution >= 4 is 11.8 Å². The molecule has 2 aromatic carbocycles. The summed E-state index contributed by atoms with van der Waals surface area (Å²) in [4.78, 5) is 12.4. The van der Waals surface area contributed by atoms with Gasteiger partial charge in [-0.1, -0.05) is 60.7 Å². The van der Waals surface area contributed by atoms with Gasteiger partial charge in [0.2, 0.25) is 5.88 Å². The third kappa shape index (κ3) is 3.12. The number of hydrogen-bond acceptors (Lipinski definition) is 4. The van der Waals surface area contributed by atoms with Gasteiger partial charge < -0.3 is 8.83 Å². The minimum absolute atomic E-state index is 0.0941. The molecule has 0 spiro atoms. The highest BCUT2D eigenvalue weighted by Gasteiger charge is 2.24. The topological polar surface area (TPSA) is 79.2 Å². The third-order valence-corrected chi connectivity index (χ3v) is 4.09. The molecular formula is C22H14N2O3. The Balaban J connectivity index is 1.87. The molecule has 27 heavy (non-hydrogen) atoms. The van der Waals surface area contributed by atoms with E-state index in [2.05, 4.69) is 11.4 Å². The van der Waals surface area contributed by atoms with Crippen molar-refractivity contribution < 1.29 is 13.6 Å². The quantitative estimate of drug-likeness (QED) is 0.537. The van der Waals surface area contributed by atoms with E-state index in [1.165, 1.54) is 6.26 Å². The van der Waals surface area contributed by atoms with Crippen LogP contribution in [0.2, 0.25) is 0 Å². The molecule has 0 aliphatic heterocycles. The molecule has 0 unspecified atom stereocenters. The molecule has 0 saturated heterocycles. The van der Waals surface area contributed by atoms with Crippen LogP contribution < -0.4 is 5.32 Å². The van der Waals surface area contributed by atoms with Crippen LogP contribution in [0, 0.1) is 11.3 Å². The highest BCUT2D eigenvalue weighted by atomic mass is 16.4. The van der Waals surface area contributed by atoms with Crippen LogP contribution in [0.1, 0.15) is 16.1 Å². The molecule has 1 N–H and O–H groups in total. The van der Waals surface area contributed by atoms with E-state index >= 15 is 0 Å². The van der Waals surface area contributed by atoms with E-state index in [1.54, 1.807) is 12.1 Å². The van der Waals surface area contributed by atoms with Crippen LogP contribution in [0.5, 0.6) is 0 Å². The number of benzene rings is 2. The van der Waals surface area contributed by atoms with E-state index in [4.69, 9.17) is 8.83 Å². The summed E-state index contributed by atoms with van der Waals surface area (Å²) in [6.07, 6.45) is 1.41. The van der Waals surface area contributed by atoms with E-state index in [0.717, 1.165) is 11.1 Å². The number of rotatable bonds is 4.